The van der Waals surface area contributed by atoms with E-state index in [4.69, 9.17) is 5.73 Å². The summed E-state index contributed by atoms with van der Waals surface area (Å²) in [4.78, 5) is 11.3. The Bertz CT molecular complexity index is 433. The van der Waals surface area contributed by atoms with Crippen molar-refractivity contribution in [2.75, 3.05) is 5.73 Å². The Kier molecular flexibility index (Phi) is 4.38. The highest BCUT2D eigenvalue weighted by atomic mass is 16.4. The minimum absolute atomic E-state index is 0.00226. The van der Waals surface area contributed by atoms with Crippen LogP contribution in [0.2, 0.25) is 0 Å². The first-order chi connectivity index (χ1) is 8.27. The molecule has 1 aromatic carbocycles. The maximum Gasteiger partial charge on any atom is 0.311 e. The molecule has 1 aromatic rings. The van der Waals surface area contributed by atoms with Gasteiger partial charge in [0, 0.05) is 5.69 Å². The summed E-state index contributed by atoms with van der Waals surface area (Å²) in [5.41, 5.74) is 8.38. The van der Waals surface area contributed by atoms with Gasteiger partial charge in [-0.1, -0.05) is 46.2 Å². The summed E-state index contributed by atoms with van der Waals surface area (Å²) in [5.74, 6) is -1.30. The number of benzene rings is 1. The van der Waals surface area contributed by atoms with Gasteiger partial charge in [0.1, 0.15) is 0 Å². The summed E-state index contributed by atoms with van der Waals surface area (Å²) >= 11 is 0. The van der Waals surface area contributed by atoms with Crippen LogP contribution in [0.25, 0.3) is 0 Å². The lowest BCUT2D eigenvalue weighted by Gasteiger charge is -2.22. The normalized spacial score (nSPS) is 13.3. The fraction of sp³-hybridized carbons (Fsp3) is 0.533. The molecule has 1 atom stereocenters. The molecule has 0 spiro atoms. The van der Waals surface area contributed by atoms with Gasteiger partial charge in [-0.05, 0) is 29.0 Å². The first-order valence-corrected chi connectivity index (χ1v) is 6.40. The molecule has 0 saturated heterocycles. The molecule has 18 heavy (non-hydrogen) atoms. The highest BCUT2D eigenvalue weighted by Gasteiger charge is 2.23. The molecule has 0 aromatic heterocycles. The first-order valence-electron chi connectivity index (χ1n) is 6.40. The number of rotatable bonds is 4. The monoisotopic (exact) mass is 249 g/mol. The van der Waals surface area contributed by atoms with E-state index in [1.807, 2.05) is 25.1 Å². The van der Waals surface area contributed by atoms with E-state index in [0.717, 1.165) is 17.5 Å². The van der Waals surface area contributed by atoms with E-state index in [1.54, 1.807) is 0 Å². The van der Waals surface area contributed by atoms with Crippen molar-refractivity contribution in [1.82, 2.24) is 0 Å². The standard InChI is InChI=1S/C15H23NO2/c1-5-6-11(14(17)18)12-9-10(15(2,3)4)7-8-13(12)16/h7-9,11H,5-6,16H2,1-4H3,(H,17,18). The summed E-state index contributed by atoms with van der Waals surface area (Å²) in [6.07, 6.45) is 1.45. The van der Waals surface area contributed by atoms with Crippen LogP contribution in [-0.2, 0) is 10.2 Å². The SMILES string of the molecule is CCCC(C(=O)O)c1cc(C(C)(C)C)ccc1N. The molecule has 1 rings (SSSR count). The number of hydrogen-bond acceptors (Lipinski definition) is 2. The third-order valence-electron chi connectivity index (χ3n) is 3.20. The number of nitrogens with two attached hydrogens (primary N) is 1. The van der Waals surface area contributed by atoms with Crippen LogP contribution < -0.4 is 5.73 Å². The topological polar surface area (TPSA) is 63.3 Å². The fourth-order valence-electron chi connectivity index (χ4n) is 2.04. The number of carboxylic acids is 1. The molecule has 3 N–H and O–H groups in total. The molecule has 0 aliphatic heterocycles. The number of carbonyl (C=O) groups is 1. The Labute approximate surface area is 109 Å². The van der Waals surface area contributed by atoms with E-state index in [1.165, 1.54) is 0 Å². The summed E-state index contributed by atoms with van der Waals surface area (Å²) in [6.45, 7) is 8.31. The Morgan fingerprint density at radius 3 is 2.44 bits per heavy atom. The van der Waals surface area contributed by atoms with Gasteiger partial charge in [-0.2, -0.15) is 0 Å². The van der Waals surface area contributed by atoms with Crippen LogP contribution in [-0.4, -0.2) is 11.1 Å². The lowest BCUT2D eigenvalue weighted by Crippen LogP contribution is -2.16. The molecule has 0 aliphatic rings. The zero-order valence-corrected chi connectivity index (χ0v) is 11.7. The van der Waals surface area contributed by atoms with Crippen molar-refractivity contribution in [2.24, 2.45) is 0 Å². The molecule has 3 heteroatoms. The van der Waals surface area contributed by atoms with Crippen molar-refractivity contribution in [3.63, 3.8) is 0 Å². The molecule has 0 amide bonds. The minimum atomic E-state index is -0.797. The van der Waals surface area contributed by atoms with Crippen molar-refractivity contribution in [1.29, 1.82) is 0 Å². The second-order valence-electron chi connectivity index (χ2n) is 5.77. The first kappa shape index (κ1) is 14.6. The summed E-state index contributed by atoms with van der Waals surface area (Å²) < 4.78 is 0. The van der Waals surface area contributed by atoms with Gasteiger partial charge in [0.05, 0.1) is 5.92 Å². The van der Waals surface area contributed by atoms with Gasteiger partial charge in [0.15, 0.2) is 0 Å². The molecular weight excluding hydrogens is 226 g/mol. The Balaban J connectivity index is 3.25. The van der Waals surface area contributed by atoms with Gasteiger partial charge in [-0.3, -0.25) is 4.79 Å². The molecular formula is C15H23NO2. The fourth-order valence-corrected chi connectivity index (χ4v) is 2.04. The zero-order chi connectivity index (χ0) is 13.9. The molecule has 0 bridgehead atoms. The number of hydrogen-bond donors (Lipinski definition) is 2. The Morgan fingerprint density at radius 2 is 2.00 bits per heavy atom. The van der Waals surface area contributed by atoms with E-state index in [-0.39, 0.29) is 5.41 Å². The third-order valence-corrected chi connectivity index (χ3v) is 3.20. The van der Waals surface area contributed by atoms with Gasteiger partial charge in [0.25, 0.3) is 0 Å². The largest absolute Gasteiger partial charge is 0.481 e. The summed E-state index contributed by atoms with van der Waals surface area (Å²) in [6, 6.07) is 5.75. The van der Waals surface area contributed by atoms with Crippen LogP contribution in [0.3, 0.4) is 0 Å². The molecule has 0 fully saturated rings. The van der Waals surface area contributed by atoms with E-state index in [0.29, 0.717) is 12.1 Å². The number of aliphatic carboxylic acids is 1. The molecule has 0 heterocycles. The van der Waals surface area contributed by atoms with Crippen molar-refractivity contribution < 1.29 is 9.90 Å². The van der Waals surface area contributed by atoms with Crippen molar-refractivity contribution in [2.45, 2.75) is 51.9 Å². The molecule has 0 saturated carbocycles. The van der Waals surface area contributed by atoms with Crippen molar-refractivity contribution >= 4 is 11.7 Å². The summed E-state index contributed by atoms with van der Waals surface area (Å²) in [5, 5.41) is 9.32. The quantitative estimate of drug-likeness (QED) is 0.802. The molecule has 0 aliphatic carbocycles. The number of anilines is 1. The maximum absolute atomic E-state index is 11.3. The van der Waals surface area contributed by atoms with E-state index < -0.39 is 11.9 Å². The van der Waals surface area contributed by atoms with Crippen LogP contribution in [0.4, 0.5) is 5.69 Å². The number of nitrogen functional groups attached to an aromatic ring is 1. The average Bonchev–Trinajstić information content (AvgIpc) is 2.25. The molecule has 0 radical (unpaired) electrons. The lowest BCUT2D eigenvalue weighted by atomic mass is 9.83. The second-order valence-corrected chi connectivity index (χ2v) is 5.77. The number of carboxylic acid groups (broad SMARTS) is 1. The summed E-state index contributed by atoms with van der Waals surface area (Å²) in [7, 11) is 0. The average molecular weight is 249 g/mol. The van der Waals surface area contributed by atoms with E-state index in [2.05, 4.69) is 20.8 Å². The second kappa shape index (κ2) is 5.42. The van der Waals surface area contributed by atoms with Crippen LogP contribution in [0, 0.1) is 0 Å². The lowest BCUT2D eigenvalue weighted by molar-refractivity contribution is -0.139. The highest BCUT2D eigenvalue weighted by Crippen LogP contribution is 2.32. The van der Waals surface area contributed by atoms with Gasteiger partial charge < -0.3 is 10.8 Å². The van der Waals surface area contributed by atoms with Crippen LogP contribution in [0.15, 0.2) is 18.2 Å². The van der Waals surface area contributed by atoms with Crippen molar-refractivity contribution in [3.8, 4) is 0 Å². The van der Waals surface area contributed by atoms with E-state index >= 15 is 0 Å². The van der Waals surface area contributed by atoms with Crippen LogP contribution in [0.1, 0.15) is 57.6 Å². The maximum atomic E-state index is 11.3. The highest BCUT2D eigenvalue weighted by molar-refractivity contribution is 5.78. The zero-order valence-electron chi connectivity index (χ0n) is 11.7. The predicted molar refractivity (Wildman–Crippen MR) is 74.8 cm³/mol. The van der Waals surface area contributed by atoms with Gasteiger partial charge in [-0.25, -0.2) is 0 Å². The van der Waals surface area contributed by atoms with Crippen molar-refractivity contribution in [3.05, 3.63) is 29.3 Å². The van der Waals surface area contributed by atoms with Gasteiger partial charge in [0.2, 0.25) is 0 Å². The minimum Gasteiger partial charge on any atom is -0.481 e. The predicted octanol–water partition coefficient (Wildman–Crippen LogP) is 3.53. The molecule has 100 valence electrons. The molecule has 3 nitrogen and oxygen atoms in total. The van der Waals surface area contributed by atoms with E-state index in [9.17, 15) is 9.90 Å². The van der Waals surface area contributed by atoms with Crippen LogP contribution in [0.5, 0.6) is 0 Å². The third kappa shape index (κ3) is 3.25. The van der Waals surface area contributed by atoms with Gasteiger partial charge >= 0.3 is 5.97 Å². The van der Waals surface area contributed by atoms with Gasteiger partial charge in [-0.15, -0.1) is 0 Å². The smallest absolute Gasteiger partial charge is 0.311 e. The Hall–Kier alpha value is -1.51. The Morgan fingerprint density at radius 1 is 1.39 bits per heavy atom. The van der Waals surface area contributed by atoms with Crippen LogP contribution >= 0.6 is 0 Å². The molecule has 1 unspecified atom stereocenters.